The maximum Gasteiger partial charge on any atom is 0.320 e. The molecular formula is C12H23NO3. The van der Waals surface area contributed by atoms with Gasteiger partial charge in [0.25, 0.3) is 0 Å². The van der Waals surface area contributed by atoms with E-state index in [1.807, 2.05) is 6.92 Å². The molecule has 0 spiro atoms. The van der Waals surface area contributed by atoms with E-state index in [1.54, 1.807) is 0 Å². The van der Waals surface area contributed by atoms with E-state index in [0.29, 0.717) is 5.92 Å². The topological polar surface area (TPSA) is 58.6 Å². The molecule has 2 N–H and O–H groups in total. The number of carbonyl (C=O) groups is 1. The molecule has 4 nitrogen and oxygen atoms in total. The molecule has 1 aliphatic rings. The summed E-state index contributed by atoms with van der Waals surface area (Å²) in [7, 11) is 0. The zero-order valence-corrected chi connectivity index (χ0v) is 10.1. The minimum atomic E-state index is -0.713. The van der Waals surface area contributed by atoms with Gasteiger partial charge in [-0.05, 0) is 51.5 Å². The van der Waals surface area contributed by atoms with Crippen LogP contribution in [0.15, 0.2) is 0 Å². The van der Waals surface area contributed by atoms with E-state index in [0.717, 1.165) is 51.9 Å². The number of nitrogens with one attached hydrogen (secondary N) is 1. The van der Waals surface area contributed by atoms with E-state index in [-0.39, 0.29) is 6.04 Å². The normalized spacial score (nSPS) is 26.3. The Morgan fingerprint density at radius 3 is 2.94 bits per heavy atom. The second kappa shape index (κ2) is 7.63. The van der Waals surface area contributed by atoms with E-state index in [2.05, 4.69) is 5.32 Å². The molecule has 0 aromatic rings. The summed E-state index contributed by atoms with van der Waals surface area (Å²) in [5, 5.41) is 12.0. The van der Waals surface area contributed by atoms with Crippen LogP contribution in [0.25, 0.3) is 0 Å². The summed E-state index contributed by atoms with van der Waals surface area (Å²) in [5.74, 6) is -0.0488. The van der Waals surface area contributed by atoms with Crippen LogP contribution >= 0.6 is 0 Å². The molecule has 1 saturated heterocycles. The third-order valence-corrected chi connectivity index (χ3v) is 3.21. The summed E-state index contributed by atoms with van der Waals surface area (Å²) < 4.78 is 5.31. The van der Waals surface area contributed by atoms with Crippen molar-refractivity contribution in [2.75, 3.05) is 19.8 Å². The molecule has 94 valence electrons. The number of hydrogen-bond donors (Lipinski definition) is 2. The lowest BCUT2D eigenvalue weighted by molar-refractivity contribution is -0.139. The third kappa shape index (κ3) is 4.94. The van der Waals surface area contributed by atoms with Gasteiger partial charge in [0.15, 0.2) is 0 Å². The van der Waals surface area contributed by atoms with Crippen LogP contribution in [0.4, 0.5) is 0 Å². The highest BCUT2D eigenvalue weighted by molar-refractivity contribution is 5.73. The van der Waals surface area contributed by atoms with E-state index in [4.69, 9.17) is 9.84 Å². The van der Waals surface area contributed by atoms with E-state index < -0.39 is 5.97 Å². The smallest absolute Gasteiger partial charge is 0.320 e. The van der Waals surface area contributed by atoms with Crippen molar-refractivity contribution in [3.8, 4) is 0 Å². The molecule has 0 aliphatic carbocycles. The highest BCUT2D eigenvalue weighted by Gasteiger charge is 2.22. The summed E-state index contributed by atoms with van der Waals surface area (Å²) in [6.07, 6.45) is 5.13. The van der Waals surface area contributed by atoms with Gasteiger partial charge in [-0.2, -0.15) is 0 Å². The van der Waals surface area contributed by atoms with Gasteiger partial charge >= 0.3 is 5.97 Å². The summed E-state index contributed by atoms with van der Waals surface area (Å²) in [4.78, 5) is 10.8. The van der Waals surface area contributed by atoms with Crippen molar-refractivity contribution in [1.29, 1.82) is 0 Å². The molecule has 2 unspecified atom stereocenters. The zero-order chi connectivity index (χ0) is 11.8. The van der Waals surface area contributed by atoms with E-state index >= 15 is 0 Å². The first-order valence-electron chi connectivity index (χ1n) is 6.28. The number of carboxylic acids is 1. The summed E-state index contributed by atoms with van der Waals surface area (Å²) in [6, 6.07) is -0.336. The van der Waals surface area contributed by atoms with Gasteiger partial charge in [-0.25, -0.2) is 0 Å². The largest absolute Gasteiger partial charge is 0.480 e. The number of hydrogen-bond acceptors (Lipinski definition) is 3. The molecule has 0 aromatic carbocycles. The minimum Gasteiger partial charge on any atom is -0.480 e. The Morgan fingerprint density at radius 2 is 2.25 bits per heavy atom. The standard InChI is InChI=1S/C12H23NO3/c1-2-16-9-3-4-10-5-6-11(12(14)15)13-8-7-10/h10-11,13H,2-9H2,1H3,(H,14,15). The predicted molar refractivity (Wildman–Crippen MR) is 62.5 cm³/mol. The van der Waals surface area contributed by atoms with Crippen molar-refractivity contribution in [2.45, 2.75) is 45.1 Å². The molecule has 0 bridgehead atoms. The number of aliphatic carboxylic acids is 1. The number of carboxylic acid groups (broad SMARTS) is 1. The fourth-order valence-corrected chi connectivity index (χ4v) is 2.23. The molecule has 0 amide bonds. The average molecular weight is 229 g/mol. The second-order valence-corrected chi connectivity index (χ2v) is 4.42. The predicted octanol–water partition coefficient (Wildman–Crippen LogP) is 1.65. The van der Waals surface area contributed by atoms with Crippen LogP contribution in [-0.4, -0.2) is 36.9 Å². The Bertz CT molecular complexity index is 208. The summed E-state index contributed by atoms with van der Waals surface area (Å²) >= 11 is 0. The van der Waals surface area contributed by atoms with Gasteiger partial charge in [-0.3, -0.25) is 4.79 Å². The van der Waals surface area contributed by atoms with Gasteiger partial charge in [0, 0.05) is 13.2 Å². The quantitative estimate of drug-likeness (QED) is 0.680. The van der Waals surface area contributed by atoms with Gasteiger partial charge in [0.1, 0.15) is 6.04 Å². The molecule has 0 aromatic heterocycles. The lowest BCUT2D eigenvalue weighted by Gasteiger charge is -2.13. The van der Waals surface area contributed by atoms with Crippen LogP contribution in [0, 0.1) is 5.92 Å². The van der Waals surface area contributed by atoms with Crippen LogP contribution < -0.4 is 5.32 Å². The van der Waals surface area contributed by atoms with Crippen LogP contribution in [0.5, 0.6) is 0 Å². The summed E-state index contributed by atoms with van der Waals surface area (Å²) in [5.41, 5.74) is 0. The number of ether oxygens (including phenoxy) is 1. The lowest BCUT2D eigenvalue weighted by atomic mass is 9.94. The summed E-state index contributed by atoms with van der Waals surface area (Å²) in [6.45, 7) is 4.46. The van der Waals surface area contributed by atoms with Crippen molar-refractivity contribution in [2.24, 2.45) is 5.92 Å². The van der Waals surface area contributed by atoms with Crippen molar-refractivity contribution < 1.29 is 14.6 Å². The molecule has 1 aliphatic heterocycles. The Labute approximate surface area is 97.4 Å². The fourth-order valence-electron chi connectivity index (χ4n) is 2.23. The van der Waals surface area contributed by atoms with Crippen LogP contribution in [0.3, 0.4) is 0 Å². The van der Waals surface area contributed by atoms with Gasteiger partial charge < -0.3 is 15.2 Å². The molecule has 1 fully saturated rings. The molecule has 1 heterocycles. The Kier molecular flexibility index (Phi) is 6.42. The Balaban J connectivity index is 2.17. The van der Waals surface area contributed by atoms with Crippen molar-refractivity contribution in [3.63, 3.8) is 0 Å². The second-order valence-electron chi connectivity index (χ2n) is 4.42. The van der Waals surface area contributed by atoms with Crippen molar-refractivity contribution >= 4 is 5.97 Å². The molecular weight excluding hydrogens is 206 g/mol. The first-order chi connectivity index (χ1) is 7.74. The molecule has 4 heteroatoms. The minimum absolute atomic E-state index is 0.336. The molecule has 2 atom stereocenters. The van der Waals surface area contributed by atoms with Gasteiger partial charge in [0.2, 0.25) is 0 Å². The van der Waals surface area contributed by atoms with Crippen LogP contribution in [0.1, 0.15) is 39.0 Å². The lowest BCUT2D eigenvalue weighted by Crippen LogP contribution is -2.35. The molecule has 16 heavy (non-hydrogen) atoms. The van der Waals surface area contributed by atoms with Gasteiger partial charge in [-0.1, -0.05) is 0 Å². The van der Waals surface area contributed by atoms with E-state index in [9.17, 15) is 4.79 Å². The van der Waals surface area contributed by atoms with Crippen molar-refractivity contribution in [3.05, 3.63) is 0 Å². The molecule has 0 saturated carbocycles. The number of rotatable bonds is 6. The monoisotopic (exact) mass is 229 g/mol. The maximum atomic E-state index is 10.8. The Hall–Kier alpha value is -0.610. The van der Waals surface area contributed by atoms with Crippen LogP contribution in [0.2, 0.25) is 0 Å². The first-order valence-corrected chi connectivity index (χ1v) is 6.28. The van der Waals surface area contributed by atoms with Gasteiger partial charge in [-0.15, -0.1) is 0 Å². The van der Waals surface area contributed by atoms with Gasteiger partial charge in [0.05, 0.1) is 0 Å². The SMILES string of the molecule is CCOCCCC1CCNC(C(=O)O)CC1. The molecule has 1 rings (SSSR count). The Morgan fingerprint density at radius 1 is 1.44 bits per heavy atom. The molecule has 0 radical (unpaired) electrons. The van der Waals surface area contributed by atoms with Crippen molar-refractivity contribution in [1.82, 2.24) is 5.32 Å². The maximum absolute atomic E-state index is 10.8. The average Bonchev–Trinajstić information content (AvgIpc) is 2.50. The highest BCUT2D eigenvalue weighted by atomic mass is 16.5. The zero-order valence-electron chi connectivity index (χ0n) is 10.1. The van der Waals surface area contributed by atoms with Crippen LogP contribution in [-0.2, 0) is 9.53 Å². The highest BCUT2D eigenvalue weighted by Crippen LogP contribution is 2.21. The van der Waals surface area contributed by atoms with E-state index in [1.165, 1.54) is 0 Å². The first kappa shape index (κ1) is 13.5. The fraction of sp³-hybridized carbons (Fsp3) is 0.917. The third-order valence-electron chi connectivity index (χ3n) is 3.21.